The van der Waals surface area contributed by atoms with Gasteiger partial charge in [0, 0.05) is 17.9 Å². The van der Waals surface area contributed by atoms with Crippen LogP contribution in [-0.4, -0.2) is 37.3 Å². The quantitative estimate of drug-likeness (QED) is 0.570. The molecule has 0 aromatic carbocycles. The summed E-state index contributed by atoms with van der Waals surface area (Å²) in [6, 6.07) is 0.295. The Morgan fingerprint density at radius 3 is 2.57 bits per heavy atom. The molecule has 14 heavy (non-hydrogen) atoms. The van der Waals surface area contributed by atoms with E-state index in [1.165, 1.54) is 0 Å². The zero-order valence-corrected chi connectivity index (χ0v) is 9.62. The fourth-order valence-corrected chi connectivity index (χ4v) is 1.52. The molecule has 2 nitrogen and oxygen atoms in total. The molecule has 0 bridgehead atoms. The van der Waals surface area contributed by atoms with Crippen LogP contribution in [0.5, 0.6) is 0 Å². The Hall–Kier alpha value is 0.190. The highest BCUT2D eigenvalue weighted by Gasteiger charge is 2.27. The summed E-state index contributed by atoms with van der Waals surface area (Å²) in [6.45, 7) is 1.35. The summed E-state index contributed by atoms with van der Waals surface area (Å²) in [5.74, 6) is 0. The summed E-state index contributed by atoms with van der Waals surface area (Å²) in [7, 11) is 0. The minimum Gasteiger partial charge on any atom is -0.371 e. The SMILES string of the molecule is CC(CCBr)NCCOCC(F)(F)F. The van der Waals surface area contributed by atoms with Crippen LogP contribution in [0.15, 0.2) is 0 Å². The number of hydrogen-bond donors (Lipinski definition) is 1. The molecule has 0 rings (SSSR count). The van der Waals surface area contributed by atoms with Crippen LogP contribution in [0.1, 0.15) is 13.3 Å². The lowest BCUT2D eigenvalue weighted by molar-refractivity contribution is -0.173. The van der Waals surface area contributed by atoms with Crippen molar-refractivity contribution < 1.29 is 17.9 Å². The molecule has 0 saturated carbocycles. The molecule has 86 valence electrons. The molecule has 0 aromatic rings. The van der Waals surface area contributed by atoms with Crippen LogP contribution in [0.25, 0.3) is 0 Å². The van der Waals surface area contributed by atoms with Crippen molar-refractivity contribution in [3.63, 3.8) is 0 Å². The van der Waals surface area contributed by atoms with Gasteiger partial charge in [-0.1, -0.05) is 15.9 Å². The first-order valence-corrected chi connectivity index (χ1v) is 5.51. The molecule has 1 atom stereocenters. The van der Waals surface area contributed by atoms with Crippen molar-refractivity contribution in [2.45, 2.75) is 25.6 Å². The molecule has 1 unspecified atom stereocenters. The van der Waals surface area contributed by atoms with Gasteiger partial charge < -0.3 is 10.1 Å². The fraction of sp³-hybridized carbons (Fsp3) is 1.00. The van der Waals surface area contributed by atoms with Crippen molar-refractivity contribution in [3.05, 3.63) is 0 Å². The van der Waals surface area contributed by atoms with Crippen LogP contribution >= 0.6 is 15.9 Å². The summed E-state index contributed by atoms with van der Waals surface area (Å²) in [5, 5.41) is 3.93. The highest BCUT2D eigenvalue weighted by molar-refractivity contribution is 9.09. The Morgan fingerprint density at radius 1 is 1.43 bits per heavy atom. The molecular weight excluding hydrogens is 263 g/mol. The first-order valence-electron chi connectivity index (χ1n) is 4.39. The van der Waals surface area contributed by atoms with Gasteiger partial charge in [0.15, 0.2) is 0 Å². The average Bonchev–Trinajstić information content (AvgIpc) is 2.02. The Bertz CT molecular complexity index is 143. The van der Waals surface area contributed by atoms with E-state index in [1.807, 2.05) is 6.92 Å². The van der Waals surface area contributed by atoms with Crippen molar-refractivity contribution in [3.8, 4) is 0 Å². The molecule has 0 aromatic heterocycles. The largest absolute Gasteiger partial charge is 0.411 e. The van der Waals surface area contributed by atoms with Crippen molar-refractivity contribution >= 4 is 15.9 Å². The summed E-state index contributed by atoms with van der Waals surface area (Å²) in [4.78, 5) is 0. The van der Waals surface area contributed by atoms with Gasteiger partial charge in [-0.3, -0.25) is 0 Å². The smallest absolute Gasteiger partial charge is 0.371 e. The van der Waals surface area contributed by atoms with Crippen molar-refractivity contribution in [1.82, 2.24) is 5.32 Å². The summed E-state index contributed by atoms with van der Waals surface area (Å²) in [6.07, 6.45) is -3.28. The number of alkyl halides is 4. The van der Waals surface area contributed by atoms with Gasteiger partial charge in [-0.2, -0.15) is 13.2 Å². The molecule has 0 saturated heterocycles. The van der Waals surface area contributed by atoms with Crippen LogP contribution in [0, 0.1) is 0 Å². The second-order valence-corrected chi connectivity index (χ2v) is 3.79. The molecular formula is C8H15BrF3NO. The van der Waals surface area contributed by atoms with Gasteiger partial charge >= 0.3 is 6.18 Å². The van der Waals surface area contributed by atoms with E-state index < -0.39 is 12.8 Å². The van der Waals surface area contributed by atoms with E-state index in [1.54, 1.807) is 0 Å². The molecule has 0 aliphatic carbocycles. The van der Waals surface area contributed by atoms with E-state index in [-0.39, 0.29) is 6.61 Å². The Labute approximate surface area is 90.3 Å². The third-order valence-corrected chi connectivity index (χ3v) is 2.00. The highest BCUT2D eigenvalue weighted by Crippen LogP contribution is 2.13. The third kappa shape index (κ3) is 10.3. The molecule has 0 aliphatic rings. The Kier molecular flexibility index (Phi) is 7.58. The number of halogens is 4. The van der Waals surface area contributed by atoms with Crippen LogP contribution in [0.2, 0.25) is 0 Å². The second-order valence-electron chi connectivity index (χ2n) is 3.00. The maximum atomic E-state index is 11.6. The predicted molar refractivity (Wildman–Crippen MR) is 52.7 cm³/mol. The van der Waals surface area contributed by atoms with Gasteiger partial charge in [-0.25, -0.2) is 0 Å². The first kappa shape index (κ1) is 14.2. The standard InChI is InChI=1S/C8H15BrF3NO/c1-7(2-3-9)13-4-5-14-6-8(10,11)12/h7,13H,2-6H2,1H3. The Morgan fingerprint density at radius 2 is 2.07 bits per heavy atom. The highest BCUT2D eigenvalue weighted by atomic mass is 79.9. The number of hydrogen-bond acceptors (Lipinski definition) is 2. The maximum absolute atomic E-state index is 11.6. The zero-order chi connectivity index (χ0) is 11.0. The van der Waals surface area contributed by atoms with E-state index in [0.29, 0.717) is 12.6 Å². The Balaban J connectivity index is 3.21. The lowest BCUT2D eigenvalue weighted by Crippen LogP contribution is -2.30. The van der Waals surface area contributed by atoms with Gasteiger partial charge in [0.05, 0.1) is 6.61 Å². The molecule has 0 aliphatic heterocycles. The van der Waals surface area contributed by atoms with E-state index in [0.717, 1.165) is 11.8 Å². The summed E-state index contributed by atoms with van der Waals surface area (Å²) >= 11 is 3.28. The van der Waals surface area contributed by atoms with Crippen molar-refractivity contribution in [2.75, 3.05) is 25.1 Å². The van der Waals surface area contributed by atoms with Gasteiger partial charge in [-0.15, -0.1) is 0 Å². The first-order chi connectivity index (χ1) is 6.45. The normalized spacial score (nSPS) is 14.4. The van der Waals surface area contributed by atoms with Gasteiger partial charge in [0.2, 0.25) is 0 Å². The van der Waals surface area contributed by atoms with Crippen molar-refractivity contribution in [2.24, 2.45) is 0 Å². The molecule has 0 fully saturated rings. The maximum Gasteiger partial charge on any atom is 0.411 e. The lowest BCUT2D eigenvalue weighted by Gasteiger charge is -2.12. The third-order valence-electron chi connectivity index (χ3n) is 1.55. The number of ether oxygens (including phenoxy) is 1. The van der Waals surface area contributed by atoms with Crippen LogP contribution in [-0.2, 0) is 4.74 Å². The van der Waals surface area contributed by atoms with E-state index in [9.17, 15) is 13.2 Å². The molecule has 0 spiro atoms. The average molecular weight is 278 g/mol. The lowest BCUT2D eigenvalue weighted by atomic mass is 10.3. The molecule has 0 radical (unpaired) electrons. The van der Waals surface area contributed by atoms with Gasteiger partial charge in [0.25, 0.3) is 0 Å². The number of nitrogens with one attached hydrogen (secondary N) is 1. The second kappa shape index (κ2) is 7.48. The molecule has 0 amide bonds. The van der Waals surface area contributed by atoms with Crippen LogP contribution in [0.4, 0.5) is 13.2 Å². The van der Waals surface area contributed by atoms with Crippen LogP contribution < -0.4 is 5.32 Å². The summed E-state index contributed by atoms with van der Waals surface area (Å²) in [5.41, 5.74) is 0. The van der Waals surface area contributed by atoms with Gasteiger partial charge in [0.1, 0.15) is 6.61 Å². The van der Waals surface area contributed by atoms with Crippen LogP contribution in [0.3, 0.4) is 0 Å². The van der Waals surface area contributed by atoms with E-state index >= 15 is 0 Å². The predicted octanol–water partition coefficient (Wildman–Crippen LogP) is 2.33. The van der Waals surface area contributed by atoms with Gasteiger partial charge in [-0.05, 0) is 13.3 Å². The summed E-state index contributed by atoms with van der Waals surface area (Å²) < 4.78 is 39.3. The topological polar surface area (TPSA) is 21.3 Å². The molecule has 6 heteroatoms. The number of rotatable bonds is 7. The fourth-order valence-electron chi connectivity index (χ4n) is 0.831. The molecule has 0 heterocycles. The molecule has 1 N–H and O–H groups in total. The minimum absolute atomic E-state index is 0.0894. The van der Waals surface area contributed by atoms with Crippen molar-refractivity contribution in [1.29, 1.82) is 0 Å². The van der Waals surface area contributed by atoms with E-state index in [4.69, 9.17) is 0 Å². The van der Waals surface area contributed by atoms with E-state index in [2.05, 4.69) is 26.0 Å². The minimum atomic E-state index is -4.22. The monoisotopic (exact) mass is 277 g/mol. The zero-order valence-electron chi connectivity index (χ0n) is 8.03.